The molecular weight excluding hydrogens is 548 g/mol. The van der Waals surface area contributed by atoms with Crippen molar-refractivity contribution in [2.24, 2.45) is 4.99 Å². The number of aliphatic imine (C=N–C) groups is 1. The molecule has 42 heavy (non-hydrogen) atoms. The van der Waals surface area contributed by atoms with Gasteiger partial charge < -0.3 is 40.0 Å². The summed E-state index contributed by atoms with van der Waals surface area (Å²) in [7, 11) is 0. The van der Waals surface area contributed by atoms with Gasteiger partial charge in [0.2, 0.25) is 12.2 Å². The molecule has 0 amide bonds. The molecule has 0 saturated carbocycles. The maximum absolute atomic E-state index is 9.55. The Balaban J connectivity index is 0.000000454. The van der Waals surface area contributed by atoms with Crippen LogP contribution in [0.4, 0.5) is 0 Å². The third-order valence-corrected chi connectivity index (χ3v) is 6.79. The van der Waals surface area contributed by atoms with Gasteiger partial charge in [0.1, 0.15) is 0 Å². The van der Waals surface area contributed by atoms with E-state index in [-0.39, 0.29) is 0 Å². The van der Waals surface area contributed by atoms with Gasteiger partial charge in [0.05, 0.1) is 0 Å². The van der Waals surface area contributed by atoms with E-state index in [0.717, 1.165) is 32.1 Å². The summed E-state index contributed by atoms with van der Waals surface area (Å²) in [6.07, 6.45) is 14.8. The predicted molar refractivity (Wildman–Crippen MR) is 155 cm³/mol. The molecule has 14 heteroatoms. The van der Waals surface area contributed by atoms with Gasteiger partial charge in [-0.15, -0.1) is 4.99 Å². The second-order valence-electron chi connectivity index (χ2n) is 10.0. The number of carbonyl (C=O) groups is 4. The van der Waals surface area contributed by atoms with Crippen LogP contribution in [0.5, 0.6) is 0 Å². The van der Waals surface area contributed by atoms with Crippen molar-refractivity contribution in [1.29, 1.82) is 5.26 Å². The Kier molecular flexibility index (Phi) is 18.7. The van der Waals surface area contributed by atoms with E-state index < -0.39 is 23.9 Å². The number of carboxylic acid groups (broad SMARTS) is 4. The molecule has 0 bridgehead atoms. The summed E-state index contributed by atoms with van der Waals surface area (Å²) in [5.41, 5.74) is 0. The first kappa shape index (κ1) is 36.1. The minimum absolute atomic E-state index is 0.558. The van der Waals surface area contributed by atoms with Crippen LogP contribution in [0, 0.1) is 11.5 Å². The van der Waals surface area contributed by atoms with Gasteiger partial charge in [-0.2, -0.15) is 5.26 Å². The van der Waals surface area contributed by atoms with Crippen molar-refractivity contribution < 1.29 is 39.6 Å². The zero-order valence-corrected chi connectivity index (χ0v) is 24.1. The van der Waals surface area contributed by atoms with Crippen LogP contribution in [-0.4, -0.2) is 135 Å². The number of hydrogen-bond acceptors (Lipinski definition) is 8. The minimum atomic E-state index is -1.26. The second kappa shape index (κ2) is 21.7. The summed E-state index contributed by atoms with van der Waals surface area (Å²) in [5.74, 6) is -4.11. The van der Waals surface area contributed by atoms with E-state index in [1.54, 1.807) is 0 Å². The maximum Gasteiger partial charge on any atom is 0.328 e. The Bertz CT molecular complexity index is 881. The molecule has 3 aliphatic heterocycles. The molecule has 0 aromatic rings. The van der Waals surface area contributed by atoms with Crippen molar-refractivity contribution in [2.75, 3.05) is 65.4 Å². The summed E-state index contributed by atoms with van der Waals surface area (Å²) in [5, 5.41) is 40.4. The maximum atomic E-state index is 9.55. The lowest BCUT2D eigenvalue weighted by atomic mass is 10.1. The second-order valence-corrected chi connectivity index (χ2v) is 10.0. The average Bonchev–Trinajstić information content (AvgIpc) is 3.34. The van der Waals surface area contributed by atoms with Gasteiger partial charge in [-0.1, -0.05) is 12.8 Å². The van der Waals surface area contributed by atoms with Crippen LogP contribution in [0.2, 0.25) is 0 Å². The molecule has 0 spiro atoms. The molecule has 3 saturated heterocycles. The van der Waals surface area contributed by atoms with Crippen LogP contribution < -0.4 is 0 Å². The first-order valence-corrected chi connectivity index (χ1v) is 14.3. The third kappa shape index (κ3) is 17.7. The van der Waals surface area contributed by atoms with Gasteiger partial charge in [-0.3, -0.25) is 0 Å². The number of nitriles is 1. The van der Waals surface area contributed by atoms with E-state index in [4.69, 9.17) is 25.7 Å². The van der Waals surface area contributed by atoms with E-state index >= 15 is 0 Å². The molecule has 3 aliphatic rings. The molecule has 0 aromatic heterocycles. The van der Waals surface area contributed by atoms with E-state index in [2.05, 4.69) is 24.6 Å². The largest absolute Gasteiger partial charge is 0.478 e. The van der Waals surface area contributed by atoms with Gasteiger partial charge in [0.15, 0.2) is 0 Å². The Labute approximate surface area is 246 Å². The highest BCUT2D eigenvalue weighted by Gasteiger charge is 2.26. The van der Waals surface area contributed by atoms with E-state index in [1.807, 2.05) is 6.19 Å². The summed E-state index contributed by atoms with van der Waals surface area (Å²) in [4.78, 5) is 52.2. The number of piperidine rings is 2. The summed E-state index contributed by atoms with van der Waals surface area (Å²) in [6.45, 7) is 11.5. The fourth-order valence-electron chi connectivity index (χ4n) is 4.87. The van der Waals surface area contributed by atoms with Gasteiger partial charge in [-0.25, -0.2) is 19.2 Å². The van der Waals surface area contributed by atoms with Gasteiger partial charge in [0.25, 0.3) is 0 Å². The number of hydrogen-bond donors (Lipinski definition) is 4. The normalized spacial score (nSPS) is 17.6. The fraction of sp³-hybridized carbons (Fsp3) is 0.643. The lowest BCUT2D eigenvalue weighted by Gasteiger charge is -2.28. The monoisotopic (exact) mass is 592 g/mol. The Morgan fingerprint density at radius 2 is 0.929 bits per heavy atom. The van der Waals surface area contributed by atoms with Crippen molar-refractivity contribution in [3.63, 3.8) is 0 Å². The van der Waals surface area contributed by atoms with Crippen molar-refractivity contribution in [3.05, 3.63) is 24.3 Å². The molecule has 0 radical (unpaired) electrons. The molecule has 3 heterocycles. The summed E-state index contributed by atoms with van der Waals surface area (Å²) in [6, 6.07) is 0. The van der Waals surface area contributed by atoms with Crippen LogP contribution in [0.25, 0.3) is 0 Å². The number of nitrogens with zero attached hydrogens (tertiary/aromatic N) is 6. The lowest BCUT2D eigenvalue weighted by molar-refractivity contribution is -0.134. The highest BCUT2D eigenvalue weighted by molar-refractivity contribution is 5.90. The summed E-state index contributed by atoms with van der Waals surface area (Å²) < 4.78 is 0. The minimum Gasteiger partial charge on any atom is -0.478 e. The zero-order chi connectivity index (χ0) is 31.2. The number of likely N-dealkylation sites (tertiary alicyclic amines) is 2. The van der Waals surface area contributed by atoms with Crippen molar-refractivity contribution in [3.8, 4) is 6.19 Å². The number of aliphatic carboxylic acids is 4. The highest BCUT2D eigenvalue weighted by Crippen LogP contribution is 2.14. The van der Waals surface area contributed by atoms with E-state index in [9.17, 15) is 19.2 Å². The molecule has 3 rings (SSSR count). The van der Waals surface area contributed by atoms with Crippen molar-refractivity contribution >= 4 is 29.8 Å². The van der Waals surface area contributed by atoms with Crippen molar-refractivity contribution in [2.45, 2.75) is 51.4 Å². The zero-order valence-electron chi connectivity index (χ0n) is 24.1. The van der Waals surface area contributed by atoms with Crippen LogP contribution in [-0.2, 0) is 19.2 Å². The lowest BCUT2D eigenvalue weighted by Crippen LogP contribution is -2.38. The molecule has 4 N–H and O–H groups in total. The molecule has 3 fully saturated rings. The fourth-order valence-corrected chi connectivity index (χ4v) is 4.87. The molecule has 14 nitrogen and oxygen atoms in total. The molecule has 0 aromatic carbocycles. The Morgan fingerprint density at radius 1 is 0.595 bits per heavy atom. The van der Waals surface area contributed by atoms with Crippen molar-refractivity contribution in [1.82, 2.24) is 19.6 Å². The van der Waals surface area contributed by atoms with Crippen LogP contribution in [0.15, 0.2) is 29.3 Å². The Hall–Kier alpha value is -3.96. The number of carboxylic acids is 4. The van der Waals surface area contributed by atoms with Crippen LogP contribution >= 0.6 is 0 Å². The quantitative estimate of drug-likeness (QED) is 0.188. The summed E-state index contributed by atoms with van der Waals surface area (Å²) >= 11 is 0. The molecular formula is C28H44N6O8. The van der Waals surface area contributed by atoms with Crippen LogP contribution in [0.1, 0.15) is 51.4 Å². The van der Waals surface area contributed by atoms with E-state index in [0.29, 0.717) is 24.3 Å². The molecule has 234 valence electrons. The molecule has 0 atom stereocenters. The first-order valence-electron chi connectivity index (χ1n) is 14.3. The van der Waals surface area contributed by atoms with Crippen LogP contribution in [0.3, 0.4) is 0 Å². The molecule has 0 aliphatic carbocycles. The molecule has 0 unspecified atom stereocenters. The topological polar surface area (TPSA) is 198 Å². The average molecular weight is 593 g/mol. The number of rotatable bonds is 12. The van der Waals surface area contributed by atoms with E-state index in [1.165, 1.54) is 90.6 Å². The highest BCUT2D eigenvalue weighted by atomic mass is 16.4. The van der Waals surface area contributed by atoms with Gasteiger partial charge >= 0.3 is 23.9 Å². The Morgan fingerprint density at radius 3 is 1.21 bits per heavy atom. The van der Waals surface area contributed by atoms with Gasteiger partial charge in [-0.05, 0) is 77.8 Å². The predicted octanol–water partition coefficient (Wildman–Crippen LogP) is 1.62. The number of guanidine groups is 1. The first-order chi connectivity index (χ1) is 20.1. The SMILES string of the molecule is N#CN=C1N(CCCN2CCCCC2)CCN1CCCN1CCCCC1.O=C(O)C=CC(=O)O.O=C(O)C=CC(=O)O. The smallest absolute Gasteiger partial charge is 0.328 e. The van der Waals surface area contributed by atoms with Gasteiger partial charge in [0, 0.05) is 50.5 Å². The standard InChI is InChI=1S/C20H36N6.2C4H4O4/c21-19-22-20-25(15-7-13-23-9-3-1-4-10-23)17-18-26(20)16-8-14-24-11-5-2-6-12-24;2*5-3(6)1-2-4(7)8/h1-18H2;2*1-2H,(H,5,6)(H,7,8). The third-order valence-electron chi connectivity index (χ3n) is 6.79.